The number of carbonyl (C=O) groups is 1. The maximum Gasteiger partial charge on any atom is 0.257 e. The number of ether oxygens (including phenoxy) is 2. The highest BCUT2D eigenvalue weighted by atomic mass is 16.5. The lowest BCUT2D eigenvalue weighted by Crippen LogP contribution is -2.49. The van der Waals surface area contributed by atoms with E-state index in [2.05, 4.69) is 37.8 Å². The number of aromatic nitrogens is 2. The fourth-order valence-corrected chi connectivity index (χ4v) is 4.08. The van der Waals surface area contributed by atoms with Gasteiger partial charge in [0.15, 0.2) is 11.5 Å². The molecule has 9 heteroatoms. The molecule has 1 aromatic heterocycles. The minimum Gasteiger partial charge on any atom is -0.493 e. The van der Waals surface area contributed by atoms with Crippen LogP contribution in [0.4, 0.5) is 11.6 Å². The van der Waals surface area contributed by atoms with Crippen molar-refractivity contribution in [3.8, 4) is 11.5 Å². The standard InChI is InChI=1S/C22H30N6O3/c1-25-7-9-26(10-8-25)19-15-20(24-16-23-19)27-11-13-28(14-12-27)22(29)17-5-4-6-18(30-2)21(17)31-3/h4-6,15-16H,7-14H2,1-3H3. The van der Waals surface area contributed by atoms with Gasteiger partial charge in [-0.05, 0) is 19.2 Å². The lowest BCUT2D eigenvalue weighted by molar-refractivity contribution is 0.0742. The molecule has 2 aliphatic rings. The molecule has 0 saturated carbocycles. The van der Waals surface area contributed by atoms with Crippen molar-refractivity contribution in [1.29, 1.82) is 0 Å². The van der Waals surface area contributed by atoms with Gasteiger partial charge >= 0.3 is 0 Å². The fourth-order valence-electron chi connectivity index (χ4n) is 4.08. The van der Waals surface area contributed by atoms with Crippen LogP contribution < -0.4 is 19.3 Å². The summed E-state index contributed by atoms with van der Waals surface area (Å²) in [6, 6.07) is 7.45. The topological polar surface area (TPSA) is 74.3 Å². The number of methoxy groups -OCH3 is 2. The lowest BCUT2D eigenvalue weighted by atomic mass is 10.1. The maximum atomic E-state index is 13.1. The van der Waals surface area contributed by atoms with E-state index in [9.17, 15) is 4.79 Å². The molecule has 1 aromatic carbocycles. The Morgan fingerprint density at radius 2 is 1.48 bits per heavy atom. The minimum absolute atomic E-state index is 0.0452. The van der Waals surface area contributed by atoms with Crippen LogP contribution in [0.25, 0.3) is 0 Å². The van der Waals surface area contributed by atoms with Crippen molar-refractivity contribution in [2.75, 3.05) is 83.4 Å². The normalized spacial score (nSPS) is 17.6. The highest BCUT2D eigenvalue weighted by Gasteiger charge is 2.26. The predicted octanol–water partition coefficient (Wildman–Crippen LogP) is 1.21. The summed E-state index contributed by atoms with van der Waals surface area (Å²) in [4.78, 5) is 30.8. The third kappa shape index (κ3) is 4.51. The third-order valence-corrected chi connectivity index (χ3v) is 5.99. The summed E-state index contributed by atoms with van der Waals surface area (Å²) in [6.45, 7) is 6.69. The molecular weight excluding hydrogens is 396 g/mol. The van der Waals surface area contributed by atoms with Crippen LogP contribution in [0.1, 0.15) is 10.4 Å². The van der Waals surface area contributed by atoms with Crippen LogP contribution in [0.15, 0.2) is 30.6 Å². The van der Waals surface area contributed by atoms with Gasteiger partial charge in [-0.3, -0.25) is 4.79 Å². The van der Waals surface area contributed by atoms with Crippen LogP contribution in [0.2, 0.25) is 0 Å². The molecule has 0 aliphatic carbocycles. The van der Waals surface area contributed by atoms with Crippen molar-refractivity contribution in [1.82, 2.24) is 19.8 Å². The Labute approximate surface area is 183 Å². The highest BCUT2D eigenvalue weighted by Crippen LogP contribution is 2.32. The van der Waals surface area contributed by atoms with E-state index in [4.69, 9.17) is 9.47 Å². The zero-order chi connectivity index (χ0) is 21.8. The van der Waals surface area contributed by atoms with Crippen LogP contribution in [-0.4, -0.2) is 99.3 Å². The Hall–Kier alpha value is -3.07. The van der Waals surface area contributed by atoms with Gasteiger partial charge in [-0.25, -0.2) is 9.97 Å². The van der Waals surface area contributed by atoms with Crippen LogP contribution in [0, 0.1) is 0 Å². The van der Waals surface area contributed by atoms with Gasteiger partial charge in [0.25, 0.3) is 5.91 Å². The Morgan fingerprint density at radius 1 is 0.871 bits per heavy atom. The van der Waals surface area contributed by atoms with E-state index in [-0.39, 0.29) is 5.91 Å². The van der Waals surface area contributed by atoms with E-state index < -0.39 is 0 Å². The number of rotatable bonds is 5. The molecule has 0 atom stereocenters. The minimum atomic E-state index is -0.0452. The number of benzene rings is 1. The molecule has 2 aliphatic heterocycles. The van der Waals surface area contributed by atoms with Crippen molar-refractivity contribution in [3.63, 3.8) is 0 Å². The third-order valence-electron chi connectivity index (χ3n) is 5.99. The summed E-state index contributed by atoms with van der Waals surface area (Å²) in [5.41, 5.74) is 0.523. The number of hydrogen-bond donors (Lipinski definition) is 0. The molecule has 9 nitrogen and oxygen atoms in total. The number of carbonyl (C=O) groups excluding carboxylic acids is 1. The molecule has 2 saturated heterocycles. The Balaban J connectivity index is 1.41. The van der Waals surface area contributed by atoms with Gasteiger partial charge in [-0.1, -0.05) is 6.07 Å². The monoisotopic (exact) mass is 426 g/mol. The number of hydrogen-bond acceptors (Lipinski definition) is 8. The highest BCUT2D eigenvalue weighted by molar-refractivity contribution is 5.98. The number of para-hydroxylation sites is 1. The zero-order valence-corrected chi connectivity index (χ0v) is 18.5. The van der Waals surface area contributed by atoms with Crippen molar-refractivity contribution >= 4 is 17.5 Å². The second-order valence-electron chi connectivity index (χ2n) is 7.85. The predicted molar refractivity (Wildman–Crippen MR) is 119 cm³/mol. The van der Waals surface area contributed by atoms with Crippen molar-refractivity contribution in [2.45, 2.75) is 0 Å². The van der Waals surface area contributed by atoms with Gasteiger partial charge in [0.05, 0.1) is 19.8 Å². The number of amides is 1. The van der Waals surface area contributed by atoms with Gasteiger partial charge in [-0.2, -0.15) is 0 Å². The molecule has 4 rings (SSSR count). The van der Waals surface area contributed by atoms with Gasteiger partial charge in [0.1, 0.15) is 18.0 Å². The fraction of sp³-hybridized carbons (Fsp3) is 0.500. The lowest BCUT2D eigenvalue weighted by Gasteiger charge is -2.36. The average Bonchev–Trinajstić information content (AvgIpc) is 2.83. The first kappa shape index (κ1) is 21.2. The molecular formula is C22H30N6O3. The molecule has 0 spiro atoms. The number of piperazine rings is 2. The molecule has 3 heterocycles. The second-order valence-corrected chi connectivity index (χ2v) is 7.85. The first-order chi connectivity index (χ1) is 15.1. The first-order valence-electron chi connectivity index (χ1n) is 10.6. The summed E-state index contributed by atoms with van der Waals surface area (Å²) >= 11 is 0. The summed E-state index contributed by atoms with van der Waals surface area (Å²) in [7, 11) is 5.27. The van der Waals surface area contributed by atoms with Gasteiger partial charge in [0.2, 0.25) is 0 Å². The molecule has 0 unspecified atom stereocenters. The largest absolute Gasteiger partial charge is 0.493 e. The summed E-state index contributed by atoms with van der Waals surface area (Å²) in [5, 5.41) is 0. The Bertz CT molecular complexity index is 908. The smallest absolute Gasteiger partial charge is 0.257 e. The molecule has 2 aromatic rings. The number of nitrogens with zero attached hydrogens (tertiary/aromatic N) is 6. The Kier molecular flexibility index (Phi) is 6.41. The average molecular weight is 427 g/mol. The zero-order valence-electron chi connectivity index (χ0n) is 18.5. The maximum absolute atomic E-state index is 13.1. The molecule has 0 bridgehead atoms. The van der Waals surface area contributed by atoms with Crippen molar-refractivity contribution in [2.24, 2.45) is 0 Å². The first-order valence-corrected chi connectivity index (χ1v) is 10.6. The van der Waals surface area contributed by atoms with Crippen LogP contribution in [0.3, 0.4) is 0 Å². The van der Waals surface area contributed by atoms with Crippen molar-refractivity contribution < 1.29 is 14.3 Å². The SMILES string of the molecule is COc1cccc(C(=O)N2CCN(c3cc(N4CCN(C)CC4)ncn3)CC2)c1OC. The summed E-state index contributed by atoms with van der Waals surface area (Å²) < 4.78 is 10.8. The van der Waals surface area contributed by atoms with Crippen LogP contribution >= 0.6 is 0 Å². The molecule has 31 heavy (non-hydrogen) atoms. The van der Waals surface area contributed by atoms with E-state index in [1.165, 1.54) is 0 Å². The summed E-state index contributed by atoms with van der Waals surface area (Å²) in [5.74, 6) is 2.87. The van der Waals surface area contributed by atoms with Crippen LogP contribution in [-0.2, 0) is 0 Å². The van der Waals surface area contributed by atoms with Gasteiger partial charge < -0.3 is 29.1 Å². The van der Waals surface area contributed by atoms with E-state index >= 15 is 0 Å². The van der Waals surface area contributed by atoms with E-state index in [0.29, 0.717) is 30.2 Å². The van der Waals surface area contributed by atoms with E-state index in [0.717, 1.165) is 50.9 Å². The van der Waals surface area contributed by atoms with E-state index in [1.807, 2.05) is 11.0 Å². The van der Waals surface area contributed by atoms with E-state index in [1.54, 1.807) is 32.7 Å². The quantitative estimate of drug-likeness (QED) is 0.706. The van der Waals surface area contributed by atoms with Gasteiger partial charge in [-0.15, -0.1) is 0 Å². The number of anilines is 2. The van der Waals surface area contributed by atoms with Crippen LogP contribution in [0.5, 0.6) is 11.5 Å². The molecule has 2 fully saturated rings. The summed E-state index contributed by atoms with van der Waals surface area (Å²) in [6.07, 6.45) is 1.64. The molecule has 0 N–H and O–H groups in total. The second kappa shape index (κ2) is 9.38. The van der Waals surface area contributed by atoms with Crippen molar-refractivity contribution in [3.05, 3.63) is 36.2 Å². The Morgan fingerprint density at radius 3 is 2.06 bits per heavy atom. The number of likely N-dealkylation sites (N-methyl/N-ethyl adjacent to an activating group) is 1. The molecule has 0 radical (unpaired) electrons. The van der Waals surface area contributed by atoms with Gasteiger partial charge in [0, 0.05) is 58.4 Å². The molecule has 1 amide bonds. The molecule has 166 valence electrons.